The van der Waals surface area contributed by atoms with Crippen LogP contribution < -0.4 is 10.1 Å². The van der Waals surface area contributed by atoms with E-state index in [0.717, 1.165) is 5.56 Å². The van der Waals surface area contributed by atoms with Gasteiger partial charge in [0.25, 0.3) is 5.91 Å². The van der Waals surface area contributed by atoms with E-state index in [1.807, 2.05) is 12.1 Å². The fourth-order valence-electron chi connectivity index (χ4n) is 1.73. The van der Waals surface area contributed by atoms with Gasteiger partial charge in [-0.2, -0.15) is 13.2 Å². The second-order valence-electron chi connectivity index (χ2n) is 4.82. The molecule has 1 aromatic heterocycles. The average Bonchev–Trinajstić information content (AvgIpc) is 3.00. The van der Waals surface area contributed by atoms with Gasteiger partial charge in [0.15, 0.2) is 5.13 Å². The maximum atomic E-state index is 12.1. The normalized spacial score (nSPS) is 12.7. The fraction of sp³-hybridized carbons (Fsp3) is 0.333. The first-order valence-corrected chi connectivity index (χ1v) is 7.75. The molecule has 9 heteroatoms. The molecular weight excluding hydrogens is 345 g/mol. The quantitative estimate of drug-likeness (QED) is 0.853. The van der Waals surface area contributed by atoms with Crippen molar-refractivity contribution < 1.29 is 27.4 Å². The van der Waals surface area contributed by atoms with Crippen LogP contribution in [-0.4, -0.2) is 36.9 Å². The number of ether oxygens (including phenoxy) is 2. The maximum absolute atomic E-state index is 12.1. The molecule has 0 radical (unpaired) electrons. The molecule has 0 aliphatic carbocycles. The number of benzene rings is 1. The van der Waals surface area contributed by atoms with E-state index in [1.54, 1.807) is 24.6 Å². The van der Waals surface area contributed by atoms with E-state index in [2.05, 4.69) is 15.0 Å². The van der Waals surface area contributed by atoms with Gasteiger partial charge in [0.1, 0.15) is 18.5 Å². The van der Waals surface area contributed by atoms with Crippen LogP contribution in [0, 0.1) is 0 Å². The standard InChI is InChI=1S/C15H15F3N2O3S/c1-9(23-8-15(16,17)18)13(21)20-14-19-12(7-24-14)10-3-5-11(22-2)6-4-10/h3-7,9H,8H2,1-2H3,(H,19,20,21)/t9-/m1/s1. The summed E-state index contributed by atoms with van der Waals surface area (Å²) in [7, 11) is 1.56. The Labute approximate surface area is 140 Å². The lowest BCUT2D eigenvalue weighted by atomic mass is 10.2. The minimum Gasteiger partial charge on any atom is -0.497 e. The zero-order chi connectivity index (χ0) is 17.7. The van der Waals surface area contributed by atoms with E-state index in [4.69, 9.17) is 4.74 Å². The average molecular weight is 360 g/mol. The van der Waals surface area contributed by atoms with E-state index < -0.39 is 24.8 Å². The number of aromatic nitrogens is 1. The molecule has 130 valence electrons. The molecule has 0 unspecified atom stereocenters. The zero-order valence-electron chi connectivity index (χ0n) is 12.9. The lowest BCUT2D eigenvalue weighted by molar-refractivity contribution is -0.184. The van der Waals surface area contributed by atoms with Crippen LogP contribution in [0.4, 0.5) is 18.3 Å². The summed E-state index contributed by atoms with van der Waals surface area (Å²) in [4.78, 5) is 16.0. The van der Waals surface area contributed by atoms with Crippen molar-refractivity contribution in [1.29, 1.82) is 0 Å². The first-order chi connectivity index (χ1) is 11.3. The highest BCUT2D eigenvalue weighted by Crippen LogP contribution is 2.26. The number of rotatable bonds is 6. The van der Waals surface area contributed by atoms with Crippen molar-refractivity contribution in [2.75, 3.05) is 19.0 Å². The van der Waals surface area contributed by atoms with Gasteiger partial charge in [-0.25, -0.2) is 4.98 Å². The third-order valence-electron chi connectivity index (χ3n) is 2.99. The highest BCUT2D eigenvalue weighted by molar-refractivity contribution is 7.14. The van der Waals surface area contributed by atoms with Crippen molar-refractivity contribution in [3.63, 3.8) is 0 Å². The molecule has 2 rings (SSSR count). The summed E-state index contributed by atoms with van der Waals surface area (Å²) in [5.41, 5.74) is 1.47. The minimum absolute atomic E-state index is 0.285. The molecule has 2 aromatic rings. The van der Waals surface area contributed by atoms with Crippen molar-refractivity contribution in [3.8, 4) is 17.0 Å². The molecule has 1 aromatic carbocycles. The Kier molecular flexibility index (Phi) is 5.79. The number of amides is 1. The minimum atomic E-state index is -4.47. The van der Waals surface area contributed by atoms with E-state index in [9.17, 15) is 18.0 Å². The Hall–Kier alpha value is -2.13. The first-order valence-electron chi connectivity index (χ1n) is 6.87. The van der Waals surface area contributed by atoms with Crippen LogP contribution in [0.5, 0.6) is 5.75 Å². The Morgan fingerprint density at radius 3 is 2.58 bits per heavy atom. The van der Waals surface area contributed by atoms with Gasteiger partial charge in [0, 0.05) is 10.9 Å². The van der Waals surface area contributed by atoms with Gasteiger partial charge in [-0.15, -0.1) is 11.3 Å². The van der Waals surface area contributed by atoms with E-state index >= 15 is 0 Å². The highest BCUT2D eigenvalue weighted by Gasteiger charge is 2.30. The number of anilines is 1. The summed E-state index contributed by atoms with van der Waals surface area (Å²) in [6.07, 6.45) is -5.71. The number of nitrogens with zero attached hydrogens (tertiary/aromatic N) is 1. The number of thiazole rings is 1. The molecule has 0 saturated heterocycles. The predicted molar refractivity (Wildman–Crippen MR) is 84.2 cm³/mol. The molecule has 0 fully saturated rings. The molecule has 0 saturated carbocycles. The van der Waals surface area contributed by atoms with Crippen molar-refractivity contribution in [3.05, 3.63) is 29.6 Å². The van der Waals surface area contributed by atoms with Crippen LogP contribution >= 0.6 is 11.3 Å². The smallest absolute Gasteiger partial charge is 0.411 e. The van der Waals surface area contributed by atoms with Crippen LogP contribution in [0.25, 0.3) is 11.3 Å². The molecule has 1 N–H and O–H groups in total. The summed E-state index contributed by atoms with van der Waals surface area (Å²) in [5.74, 6) is 0.0213. The van der Waals surface area contributed by atoms with Crippen molar-refractivity contribution in [2.24, 2.45) is 0 Å². The number of hydrogen-bond donors (Lipinski definition) is 1. The first kappa shape index (κ1) is 18.2. The van der Waals surface area contributed by atoms with Crippen molar-refractivity contribution in [2.45, 2.75) is 19.2 Å². The summed E-state index contributed by atoms with van der Waals surface area (Å²) in [5, 5.41) is 4.46. The van der Waals surface area contributed by atoms with Gasteiger partial charge in [0.05, 0.1) is 12.8 Å². The maximum Gasteiger partial charge on any atom is 0.411 e. The van der Waals surface area contributed by atoms with Gasteiger partial charge in [0.2, 0.25) is 0 Å². The van der Waals surface area contributed by atoms with Gasteiger partial charge in [-0.3, -0.25) is 10.1 Å². The summed E-state index contributed by atoms with van der Waals surface area (Å²) < 4.78 is 45.8. The van der Waals surface area contributed by atoms with Crippen LogP contribution in [0.1, 0.15) is 6.92 Å². The SMILES string of the molecule is COc1ccc(-c2csc(NC(=O)[C@@H](C)OCC(F)(F)F)n2)cc1. The Bertz CT molecular complexity index is 686. The lowest BCUT2D eigenvalue weighted by Gasteiger charge is -2.13. The zero-order valence-corrected chi connectivity index (χ0v) is 13.7. The molecule has 0 aliphatic heterocycles. The van der Waals surface area contributed by atoms with Crippen molar-refractivity contribution in [1.82, 2.24) is 4.98 Å². The van der Waals surface area contributed by atoms with Crippen LogP contribution in [0.15, 0.2) is 29.6 Å². The van der Waals surface area contributed by atoms with Crippen LogP contribution in [0.3, 0.4) is 0 Å². The predicted octanol–water partition coefficient (Wildman–Crippen LogP) is 3.72. The summed E-state index contributed by atoms with van der Waals surface area (Å²) in [6.45, 7) is -0.227. The number of alkyl halides is 3. The Morgan fingerprint density at radius 1 is 1.33 bits per heavy atom. The van der Waals surface area contributed by atoms with Gasteiger partial charge in [-0.05, 0) is 31.2 Å². The molecule has 5 nitrogen and oxygen atoms in total. The number of methoxy groups -OCH3 is 1. The Morgan fingerprint density at radius 2 is 2.00 bits per heavy atom. The number of halogens is 3. The molecule has 1 amide bonds. The second kappa shape index (κ2) is 7.63. The van der Waals surface area contributed by atoms with Crippen LogP contribution in [-0.2, 0) is 9.53 Å². The molecule has 0 bridgehead atoms. The van der Waals surface area contributed by atoms with Crippen molar-refractivity contribution >= 4 is 22.4 Å². The van der Waals surface area contributed by atoms with Gasteiger partial charge in [-0.1, -0.05) is 0 Å². The monoisotopic (exact) mass is 360 g/mol. The topological polar surface area (TPSA) is 60.5 Å². The third-order valence-corrected chi connectivity index (χ3v) is 3.74. The number of nitrogens with one attached hydrogen (secondary N) is 1. The summed E-state index contributed by atoms with van der Waals surface area (Å²) >= 11 is 1.17. The third kappa shape index (κ3) is 5.20. The molecule has 1 atom stereocenters. The molecule has 0 spiro atoms. The molecule has 1 heterocycles. The molecule has 24 heavy (non-hydrogen) atoms. The highest BCUT2D eigenvalue weighted by atomic mass is 32.1. The van der Waals surface area contributed by atoms with Gasteiger partial charge >= 0.3 is 6.18 Å². The van der Waals surface area contributed by atoms with E-state index in [0.29, 0.717) is 11.4 Å². The second-order valence-corrected chi connectivity index (χ2v) is 5.68. The summed E-state index contributed by atoms with van der Waals surface area (Å²) in [6, 6.07) is 7.18. The largest absolute Gasteiger partial charge is 0.497 e. The number of carbonyl (C=O) groups excluding carboxylic acids is 1. The number of hydrogen-bond acceptors (Lipinski definition) is 5. The van der Waals surface area contributed by atoms with Gasteiger partial charge < -0.3 is 9.47 Å². The molecular formula is C15H15F3N2O3S. The van der Waals surface area contributed by atoms with Crippen LogP contribution in [0.2, 0.25) is 0 Å². The van der Waals surface area contributed by atoms with E-state index in [1.165, 1.54) is 18.3 Å². The number of carbonyl (C=O) groups is 1. The molecule has 0 aliphatic rings. The van der Waals surface area contributed by atoms with E-state index in [-0.39, 0.29) is 5.13 Å². The Balaban J connectivity index is 1.96. The fourth-order valence-corrected chi connectivity index (χ4v) is 2.45. The lowest BCUT2D eigenvalue weighted by Crippen LogP contribution is -2.31.